The molecule has 0 unspecified atom stereocenters. The minimum atomic E-state index is -0.198. The van der Waals surface area contributed by atoms with E-state index in [1.165, 1.54) is 0 Å². The number of nitrogens with zero attached hydrogens (tertiary/aromatic N) is 2. The van der Waals surface area contributed by atoms with Crippen LogP contribution in [0.2, 0.25) is 5.02 Å². The van der Waals surface area contributed by atoms with Gasteiger partial charge in [0.15, 0.2) is 0 Å². The Labute approximate surface area is 110 Å². The van der Waals surface area contributed by atoms with E-state index in [2.05, 4.69) is 10.4 Å². The molecule has 0 saturated carbocycles. The molecule has 0 atom stereocenters. The molecule has 0 aliphatic rings. The first-order valence-electron chi connectivity index (χ1n) is 5.47. The van der Waals surface area contributed by atoms with Crippen LogP contribution in [0.25, 0.3) is 0 Å². The van der Waals surface area contributed by atoms with Crippen molar-refractivity contribution < 1.29 is 4.79 Å². The van der Waals surface area contributed by atoms with Crippen LogP contribution in [0.15, 0.2) is 36.7 Å². The lowest BCUT2D eigenvalue weighted by atomic mass is 10.2. The van der Waals surface area contributed by atoms with Crippen LogP contribution in [0.4, 0.5) is 5.69 Å². The number of nitrogens with one attached hydrogen (secondary N) is 1. The number of carbonyl (C=O) groups excluding carboxylic acids is 1. The smallest absolute Gasteiger partial charge is 0.251 e. The van der Waals surface area contributed by atoms with Gasteiger partial charge in [-0.25, -0.2) is 0 Å². The second kappa shape index (κ2) is 5.55. The Bertz CT molecular complexity index is 519. The molecular formula is C12H13ClN4O. The fraction of sp³-hybridized carbons (Fsp3) is 0.167. The van der Waals surface area contributed by atoms with Crippen molar-refractivity contribution in [3.8, 4) is 0 Å². The van der Waals surface area contributed by atoms with Crippen molar-refractivity contribution in [3.63, 3.8) is 0 Å². The average molecular weight is 265 g/mol. The third-order valence-corrected chi connectivity index (χ3v) is 2.59. The molecule has 2 aromatic rings. The SMILES string of the molecule is Nc1cc(Cl)cc(C(=O)NCCn2cccn2)c1. The van der Waals surface area contributed by atoms with Crippen LogP contribution < -0.4 is 11.1 Å². The molecule has 0 saturated heterocycles. The molecular weight excluding hydrogens is 252 g/mol. The zero-order valence-electron chi connectivity index (χ0n) is 9.64. The molecule has 94 valence electrons. The number of nitrogens with two attached hydrogens (primary N) is 1. The van der Waals surface area contributed by atoms with Gasteiger partial charge in [0.2, 0.25) is 0 Å². The summed E-state index contributed by atoms with van der Waals surface area (Å²) < 4.78 is 1.74. The lowest BCUT2D eigenvalue weighted by molar-refractivity contribution is 0.0952. The predicted molar refractivity (Wildman–Crippen MR) is 70.4 cm³/mol. The number of aromatic nitrogens is 2. The topological polar surface area (TPSA) is 72.9 Å². The van der Waals surface area contributed by atoms with Crippen LogP contribution in [0, 0.1) is 0 Å². The fourth-order valence-corrected chi connectivity index (χ4v) is 1.81. The number of carbonyl (C=O) groups is 1. The van der Waals surface area contributed by atoms with Gasteiger partial charge in [-0.3, -0.25) is 9.48 Å². The van der Waals surface area contributed by atoms with Gasteiger partial charge in [0, 0.05) is 35.2 Å². The molecule has 5 nitrogen and oxygen atoms in total. The Morgan fingerprint density at radius 1 is 1.44 bits per heavy atom. The first kappa shape index (κ1) is 12.4. The largest absolute Gasteiger partial charge is 0.399 e. The molecule has 3 N–H and O–H groups in total. The highest BCUT2D eigenvalue weighted by atomic mass is 35.5. The third kappa shape index (κ3) is 3.24. The number of halogens is 1. The highest BCUT2D eigenvalue weighted by Gasteiger charge is 2.06. The summed E-state index contributed by atoms with van der Waals surface area (Å²) in [6.07, 6.45) is 3.53. The van der Waals surface area contributed by atoms with Gasteiger partial charge in [-0.2, -0.15) is 5.10 Å². The Kier molecular flexibility index (Phi) is 3.84. The second-order valence-electron chi connectivity index (χ2n) is 3.80. The van der Waals surface area contributed by atoms with Crippen LogP contribution in [0.3, 0.4) is 0 Å². The highest BCUT2D eigenvalue weighted by molar-refractivity contribution is 6.31. The molecule has 0 aliphatic heterocycles. The molecule has 0 bridgehead atoms. The molecule has 6 heteroatoms. The van der Waals surface area contributed by atoms with E-state index in [1.807, 2.05) is 12.3 Å². The van der Waals surface area contributed by atoms with E-state index >= 15 is 0 Å². The number of nitrogen functional groups attached to an aromatic ring is 1. The molecule has 1 aromatic carbocycles. The number of benzene rings is 1. The van der Waals surface area contributed by atoms with Crippen LogP contribution >= 0.6 is 11.6 Å². The number of hydrogen-bond acceptors (Lipinski definition) is 3. The van der Waals surface area contributed by atoms with E-state index in [-0.39, 0.29) is 5.91 Å². The van der Waals surface area contributed by atoms with Gasteiger partial charge in [-0.1, -0.05) is 11.6 Å². The third-order valence-electron chi connectivity index (χ3n) is 2.37. The van der Waals surface area contributed by atoms with Crippen LogP contribution in [0.5, 0.6) is 0 Å². The van der Waals surface area contributed by atoms with Crippen molar-refractivity contribution >= 4 is 23.2 Å². The zero-order valence-corrected chi connectivity index (χ0v) is 10.4. The van der Waals surface area contributed by atoms with Crippen LogP contribution in [-0.4, -0.2) is 22.2 Å². The van der Waals surface area contributed by atoms with E-state index in [1.54, 1.807) is 29.1 Å². The highest BCUT2D eigenvalue weighted by Crippen LogP contribution is 2.16. The summed E-state index contributed by atoms with van der Waals surface area (Å²) in [5, 5.41) is 7.27. The number of amides is 1. The van der Waals surface area contributed by atoms with Gasteiger partial charge >= 0.3 is 0 Å². The monoisotopic (exact) mass is 264 g/mol. The van der Waals surface area contributed by atoms with Crippen molar-refractivity contribution in [1.29, 1.82) is 0 Å². The Morgan fingerprint density at radius 2 is 2.28 bits per heavy atom. The van der Waals surface area contributed by atoms with Gasteiger partial charge in [-0.15, -0.1) is 0 Å². The summed E-state index contributed by atoms with van der Waals surface area (Å²) in [4.78, 5) is 11.8. The Balaban J connectivity index is 1.91. The standard InChI is InChI=1S/C12H13ClN4O/c13-10-6-9(7-11(14)8-10)12(18)15-3-5-17-4-1-2-16-17/h1-2,4,6-8H,3,5,14H2,(H,15,18). The van der Waals surface area contributed by atoms with Crippen molar-refractivity contribution in [2.45, 2.75) is 6.54 Å². The van der Waals surface area contributed by atoms with Gasteiger partial charge in [0.25, 0.3) is 5.91 Å². The van der Waals surface area contributed by atoms with E-state index in [0.717, 1.165) is 0 Å². The number of rotatable bonds is 4. The van der Waals surface area contributed by atoms with Gasteiger partial charge < -0.3 is 11.1 Å². The quantitative estimate of drug-likeness (QED) is 0.823. The van der Waals surface area contributed by atoms with Crippen LogP contribution in [0.1, 0.15) is 10.4 Å². The van der Waals surface area contributed by atoms with Gasteiger partial charge in [-0.05, 0) is 24.3 Å². The summed E-state index contributed by atoms with van der Waals surface area (Å²) in [7, 11) is 0. The van der Waals surface area contributed by atoms with E-state index in [0.29, 0.717) is 29.4 Å². The molecule has 1 amide bonds. The molecule has 18 heavy (non-hydrogen) atoms. The maximum atomic E-state index is 11.8. The van der Waals surface area contributed by atoms with Crippen LogP contribution in [-0.2, 0) is 6.54 Å². The minimum absolute atomic E-state index is 0.198. The summed E-state index contributed by atoms with van der Waals surface area (Å²) in [5.74, 6) is -0.198. The van der Waals surface area contributed by atoms with Gasteiger partial charge in [0.1, 0.15) is 0 Å². The summed E-state index contributed by atoms with van der Waals surface area (Å²) in [6.45, 7) is 1.11. The molecule has 0 aliphatic carbocycles. The zero-order chi connectivity index (χ0) is 13.0. The Hall–Kier alpha value is -2.01. The van der Waals surface area contributed by atoms with Crippen molar-refractivity contribution in [1.82, 2.24) is 15.1 Å². The number of anilines is 1. The predicted octanol–water partition coefficient (Wildman–Crippen LogP) is 1.55. The first-order valence-corrected chi connectivity index (χ1v) is 5.84. The Morgan fingerprint density at radius 3 is 2.94 bits per heavy atom. The summed E-state index contributed by atoms with van der Waals surface area (Å²) in [6, 6.07) is 6.61. The number of hydrogen-bond donors (Lipinski definition) is 2. The lowest BCUT2D eigenvalue weighted by Gasteiger charge is -2.06. The summed E-state index contributed by atoms with van der Waals surface area (Å²) >= 11 is 5.84. The normalized spacial score (nSPS) is 10.3. The molecule has 1 heterocycles. The maximum Gasteiger partial charge on any atom is 0.251 e. The molecule has 0 fully saturated rings. The lowest BCUT2D eigenvalue weighted by Crippen LogP contribution is -2.27. The van der Waals surface area contributed by atoms with Gasteiger partial charge in [0.05, 0.1) is 6.54 Å². The van der Waals surface area contributed by atoms with Crippen molar-refractivity contribution in [2.75, 3.05) is 12.3 Å². The van der Waals surface area contributed by atoms with E-state index in [4.69, 9.17) is 17.3 Å². The second-order valence-corrected chi connectivity index (χ2v) is 4.23. The molecule has 0 radical (unpaired) electrons. The molecule has 2 rings (SSSR count). The summed E-state index contributed by atoms with van der Waals surface area (Å²) in [5.41, 5.74) is 6.56. The van der Waals surface area contributed by atoms with Crippen molar-refractivity contribution in [3.05, 3.63) is 47.2 Å². The van der Waals surface area contributed by atoms with Crippen molar-refractivity contribution in [2.24, 2.45) is 0 Å². The first-order chi connectivity index (χ1) is 8.65. The van der Waals surface area contributed by atoms with E-state index in [9.17, 15) is 4.79 Å². The average Bonchev–Trinajstić information content (AvgIpc) is 2.80. The molecule has 0 spiro atoms. The fourth-order valence-electron chi connectivity index (χ4n) is 1.56. The maximum absolute atomic E-state index is 11.8. The van der Waals surface area contributed by atoms with E-state index < -0.39 is 0 Å². The molecule has 1 aromatic heterocycles. The minimum Gasteiger partial charge on any atom is -0.399 e.